The van der Waals surface area contributed by atoms with E-state index >= 15 is 0 Å². The predicted molar refractivity (Wildman–Crippen MR) is 83.8 cm³/mol. The molecule has 2 aliphatic rings. The van der Waals surface area contributed by atoms with Gasteiger partial charge in [-0.3, -0.25) is 4.79 Å². The monoisotopic (exact) mass is 336 g/mol. The molecule has 3 unspecified atom stereocenters. The Labute approximate surface area is 128 Å². The number of amides is 1. The van der Waals surface area contributed by atoms with Crippen LogP contribution in [0, 0.1) is 18.8 Å². The van der Waals surface area contributed by atoms with E-state index in [0.717, 1.165) is 41.7 Å². The molecule has 2 saturated heterocycles. The Morgan fingerprint density at radius 3 is 3.00 bits per heavy atom. The molecular formula is C16H21BrN2O. The summed E-state index contributed by atoms with van der Waals surface area (Å²) in [6.07, 6.45) is 1.04. The van der Waals surface area contributed by atoms with E-state index < -0.39 is 0 Å². The van der Waals surface area contributed by atoms with Crippen LogP contribution in [0.5, 0.6) is 0 Å². The number of fused-ring (bicyclic) bond motifs is 1. The zero-order valence-electron chi connectivity index (χ0n) is 12.0. The second-order valence-electron chi connectivity index (χ2n) is 6.00. The van der Waals surface area contributed by atoms with Crippen molar-refractivity contribution >= 4 is 21.8 Å². The van der Waals surface area contributed by atoms with Crippen molar-refractivity contribution in [2.45, 2.75) is 26.3 Å². The molecule has 2 heterocycles. The topological polar surface area (TPSA) is 32.3 Å². The SMILES string of the molecule is CCC1C2CNCC2CN1C(=O)c1cc(C)ccc1Br. The van der Waals surface area contributed by atoms with Gasteiger partial charge < -0.3 is 10.2 Å². The number of carbonyl (C=O) groups is 1. The second kappa shape index (κ2) is 5.49. The first kappa shape index (κ1) is 14.1. The fraction of sp³-hybridized carbons (Fsp3) is 0.562. The van der Waals surface area contributed by atoms with Crippen molar-refractivity contribution in [3.8, 4) is 0 Å². The van der Waals surface area contributed by atoms with Gasteiger partial charge in [-0.1, -0.05) is 18.6 Å². The number of nitrogens with zero attached hydrogens (tertiary/aromatic N) is 1. The minimum atomic E-state index is 0.182. The molecule has 0 bridgehead atoms. The molecule has 1 aromatic carbocycles. The summed E-state index contributed by atoms with van der Waals surface area (Å²) in [7, 11) is 0. The molecule has 0 aromatic heterocycles. The predicted octanol–water partition coefficient (Wildman–Crippen LogP) is 2.83. The normalized spacial score (nSPS) is 28.8. The van der Waals surface area contributed by atoms with Gasteiger partial charge in [-0.2, -0.15) is 0 Å². The molecule has 2 aliphatic heterocycles. The molecule has 0 spiro atoms. The van der Waals surface area contributed by atoms with Gasteiger partial charge in [0.15, 0.2) is 0 Å². The van der Waals surface area contributed by atoms with E-state index in [1.54, 1.807) is 0 Å². The van der Waals surface area contributed by atoms with Crippen LogP contribution in [0.2, 0.25) is 0 Å². The van der Waals surface area contributed by atoms with Crippen molar-refractivity contribution in [1.29, 1.82) is 0 Å². The highest BCUT2D eigenvalue weighted by molar-refractivity contribution is 9.10. The number of hydrogen-bond donors (Lipinski definition) is 1. The molecular weight excluding hydrogens is 316 g/mol. The molecule has 1 amide bonds. The second-order valence-corrected chi connectivity index (χ2v) is 6.85. The Hall–Kier alpha value is -0.870. The highest BCUT2D eigenvalue weighted by Crippen LogP contribution is 2.36. The summed E-state index contributed by atoms with van der Waals surface area (Å²) in [6.45, 7) is 7.23. The molecule has 1 N–H and O–H groups in total. The average molecular weight is 337 g/mol. The number of benzene rings is 1. The first-order valence-corrected chi connectivity index (χ1v) is 8.19. The molecule has 4 heteroatoms. The van der Waals surface area contributed by atoms with E-state index in [4.69, 9.17) is 0 Å². The van der Waals surface area contributed by atoms with Gasteiger partial charge >= 0.3 is 0 Å². The third-order valence-electron chi connectivity index (χ3n) is 4.75. The molecule has 108 valence electrons. The van der Waals surface area contributed by atoms with Crippen LogP contribution < -0.4 is 5.32 Å². The summed E-state index contributed by atoms with van der Waals surface area (Å²) in [4.78, 5) is 15.0. The molecule has 0 aliphatic carbocycles. The Balaban J connectivity index is 1.88. The standard InChI is InChI=1S/C16H21BrN2O/c1-3-15-13-8-18-7-11(13)9-19(15)16(20)12-6-10(2)4-5-14(12)17/h4-6,11,13,15,18H,3,7-9H2,1-2H3. The maximum atomic E-state index is 12.9. The minimum Gasteiger partial charge on any atom is -0.335 e. The third kappa shape index (κ3) is 2.29. The van der Waals surface area contributed by atoms with Gasteiger partial charge in [-0.15, -0.1) is 0 Å². The summed E-state index contributed by atoms with van der Waals surface area (Å²) >= 11 is 3.52. The lowest BCUT2D eigenvalue weighted by Crippen LogP contribution is -2.39. The molecule has 3 nitrogen and oxygen atoms in total. The zero-order valence-corrected chi connectivity index (χ0v) is 13.6. The summed E-state index contributed by atoms with van der Waals surface area (Å²) in [5, 5.41) is 3.46. The van der Waals surface area contributed by atoms with Crippen LogP contribution in [0.4, 0.5) is 0 Å². The quantitative estimate of drug-likeness (QED) is 0.900. The zero-order chi connectivity index (χ0) is 14.3. The number of likely N-dealkylation sites (tertiary alicyclic amines) is 1. The highest BCUT2D eigenvalue weighted by atomic mass is 79.9. The molecule has 3 atom stereocenters. The molecule has 20 heavy (non-hydrogen) atoms. The van der Waals surface area contributed by atoms with Crippen LogP contribution >= 0.6 is 15.9 Å². The lowest BCUT2D eigenvalue weighted by atomic mass is 9.93. The summed E-state index contributed by atoms with van der Waals surface area (Å²) in [6, 6.07) is 6.38. The van der Waals surface area contributed by atoms with Crippen LogP contribution in [0.1, 0.15) is 29.3 Å². The Morgan fingerprint density at radius 1 is 1.45 bits per heavy atom. The largest absolute Gasteiger partial charge is 0.335 e. The van der Waals surface area contributed by atoms with Crippen molar-refractivity contribution in [2.75, 3.05) is 19.6 Å². The summed E-state index contributed by atoms with van der Waals surface area (Å²) in [5.41, 5.74) is 1.93. The lowest BCUT2D eigenvalue weighted by molar-refractivity contribution is 0.0710. The Kier molecular flexibility index (Phi) is 3.87. The average Bonchev–Trinajstić information content (AvgIpc) is 3.00. The molecule has 3 rings (SSSR count). The van der Waals surface area contributed by atoms with Crippen molar-refractivity contribution in [3.63, 3.8) is 0 Å². The van der Waals surface area contributed by atoms with Crippen molar-refractivity contribution in [2.24, 2.45) is 11.8 Å². The van der Waals surface area contributed by atoms with Gasteiger partial charge in [0.25, 0.3) is 5.91 Å². The summed E-state index contributed by atoms with van der Waals surface area (Å²) in [5.74, 6) is 1.45. The molecule has 0 saturated carbocycles. The van der Waals surface area contributed by atoms with Crippen molar-refractivity contribution in [1.82, 2.24) is 10.2 Å². The number of carbonyl (C=O) groups excluding carboxylic acids is 1. The lowest BCUT2D eigenvalue weighted by Gasteiger charge is -2.27. The maximum Gasteiger partial charge on any atom is 0.255 e. The van der Waals surface area contributed by atoms with Crippen LogP contribution in [0.25, 0.3) is 0 Å². The van der Waals surface area contributed by atoms with Gasteiger partial charge in [0.1, 0.15) is 0 Å². The number of nitrogens with one attached hydrogen (secondary N) is 1. The van der Waals surface area contributed by atoms with Crippen molar-refractivity contribution in [3.05, 3.63) is 33.8 Å². The van der Waals surface area contributed by atoms with Gasteiger partial charge in [-0.05, 0) is 53.2 Å². The van der Waals surface area contributed by atoms with Crippen LogP contribution in [0.3, 0.4) is 0 Å². The first-order chi connectivity index (χ1) is 9.61. The number of aryl methyl sites for hydroxylation is 1. The molecule has 2 fully saturated rings. The van der Waals surface area contributed by atoms with Crippen molar-refractivity contribution < 1.29 is 4.79 Å². The van der Waals surface area contributed by atoms with Crippen LogP contribution in [-0.4, -0.2) is 36.5 Å². The van der Waals surface area contributed by atoms with E-state index in [9.17, 15) is 4.79 Å². The first-order valence-electron chi connectivity index (χ1n) is 7.39. The van der Waals surface area contributed by atoms with Gasteiger partial charge in [0.2, 0.25) is 0 Å². The van der Waals surface area contributed by atoms with Crippen LogP contribution in [-0.2, 0) is 0 Å². The number of hydrogen-bond acceptors (Lipinski definition) is 2. The highest BCUT2D eigenvalue weighted by Gasteiger charge is 2.45. The number of rotatable bonds is 2. The fourth-order valence-corrected chi connectivity index (χ4v) is 4.15. The van der Waals surface area contributed by atoms with Gasteiger partial charge in [0.05, 0.1) is 5.56 Å². The molecule has 1 aromatic rings. The number of halogens is 1. The van der Waals surface area contributed by atoms with Crippen LogP contribution in [0.15, 0.2) is 22.7 Å². The van der Waals surface area contributed by atoms with Gasteiger partial charge in [-0.25, -0.2) is 0 Å². The Bertz CT molecular complexity index is 531. The molecule has 0 radical (unpaired) electrons. The third-order valence-corrected chi connectivity index (χ3v) is 5.44. The maximum absolute atomic E-state index is 12.9. The fourth-order valence-electron chi connectivity index (χ4n) is 3.74. The van der Waals surface area contributed by atoms with E-state index in [2.05, 4.69) is 33.1 Å². The van der Waals surface area contributed by atoms with E-state index in [1.165, 1.54) is 0 Å². The summed E-state index contributed by atoms with van der Waals surface area (Å²) < 4.78 is 0.901. The van der Waals surface area contributed by atoms with E-state index in [-0.39, 0.29) is 5.91 Å². The minimum absolute atomic E-state index is 0.182. The van der Waals surface area contributed by atoms with E-state index in [0.29, 0.717) is 17.9 Å². The smallest absolute Gasteiger partial charge is 0.255 e. The van der Waals surface area contributed by atoms with Gasteiger partial charge in [0, 0.05) is 30.1 Å². The Morgan fingerprint density at radius 2 is 2.25 bits per heavy atom. The van der Waals surface area contributed by atoms with E-state index in [1.807, 2.05) is 25.1 Å².